The lowest BCUT2D eigenvalue weighted by Gasteiger charge is -2.28. The Morgan fingerprint density at radius 2 is 1.85 bits per heavy atom. The average molecular weight is 534 g/mol. The lowest BCUT2D eigenvalue weighted by molar-refractivity contribution is -0.138. The number of carbonyl (C=O) groups is 2. The number of amides is 1. The summed E-state index contributed by atoms with van der Waals surface area (Å²) >= 11 is 0. The van der Waals surface area contributed by atoms with Crippen molar-refractivity contribution >= 4 is 29.3 Å². The molecule has 0 spiro atoms. The van der Waals surface area contributed by atoms with Gasteiger partial charge in [0.2, 0.25) is 11.8 Å². The predicted octanol–water partition coefficient (Wildman–Crippen LogP) is 4.64. The number of nitrogens with zero attached hydrogens (tertiary/aromatic N) is 3. The van der Waals surface area contributed by atoms with Crippen LogP contribution >= 0.6 is 0 Å². The highest BCUT2D eigenvalue weighted by Gasteiger charge is 2.30. The van der Waals surface area contributed by atoms with Crippen LogP contribution in [0.3, 0.4) is 0 Å². The molecule has 0 unspecified atom stereocenters. The SMILES string of the molecule is Nc1nc(NCCc2ccccc2F)nc2c1C(=O)N(c1ccc(C3CCC(CC(=O)O)CC3)cc1)CCO2. The number of nitrogen functional groups attached to an aromatic ring is 1. The first-order valence-corrected chi connectivity index (χ1v) is 13.3. The van der Waals surface area contributed by atoms with Gasteiger partial charge in [-0.1, -0.05) is 30.3 Å². The van der Waals surface area contributed by atoms with Crippen molar-refractivity contribution < 1.29 is 23.8 Å². The van der Waals surface area contributed by atoms with Gasteiger partial charge in [-0.25, -0.2) is 4.39 Å². The van der Waals surface area contributed by atoms with Crippen LogP contribution in [0.1, 0.15) is 59.5 Å². The molecule has 4 N–H and O–H groups in total. The summed E-state index contributed by atoms with van der Waals surface area (Å²) in [5.74, 6) is -0.339. The fourth-order valence-corrected chi connectivity index (χ4v) is 5.44. The molecule has 0 atom stereocenters. The third-order valence-corrected chi connectivity index (χ3v) is 7.54. The summed E-state index contributed by atoms with van der Waals surface area (Å²) in [7, 11) is 0. The topological polar surface area (TPSA) is 131 Å². The van der Waals surface area contributed by atoms with Crippen LogP contribution in [-0.4, -0.2) is 46.6 Å². The molecule has 1 amide bonds. The second-order valence-corrected chi connectivity index (χ2v) is 10.1. The van der Waals surface area contributed by atoms with Gasteiger partial charge in [-0.15, -0.1) is 0 Å². The number of carboxylic acid groups (broad SMARTS) is 1. The van der Waals surface area contributed by atoms with Crippen LogP contribution in [0.15, 0.2) is 48.5 Å². The molecule has 10 heteroatoms. The first kappa shape index (κ1) is 26.4. The van der Waals surface area contributed by atoms with E-state index >= 15 is 0 Å². The van der Waals surface area contributed by atoms with Gasteiger partial charge in [0.05, 0.1) is 6.54 Å². The van der Waals surface area contributed by atoms with E-state index in [1.54, 1.807) is 23.1 Å². The predicted molar refractivity (Wildman–Crippen MR) is 146 cm³/mol. The Morgan fingerprint density at radius 3 is 2.56 bits per heavy atom. The van der Waals surface area contributed by atoms with E-state index in [9.17, 15) is 14.0 Å². The molecule has 204 valence electrons. The number of rotatable bonds is 8. The monoisotopic (exact) mass is 533 g/mol. The van der Waals surface area contributed by atoms with Crippen LogP contribution in [0.5, 0.6) is 5.88 Å². The molecule has 2 aliphatic rings. The number of nitrogens with one attached hydrogen (secondary N) is 1. The van der Waals surface area contributed by atoms with Crippen LogP contribution in [0.2, 0.25) is 0 Å². The molecule has 1 aromatic heterocycles. The number of carboxylic acids is 1. The van der Waals surface area contributed by atoms with Crippen molar-refractivity contribution in [3.05, 3.63) is 71.0 Å². The molecule has 0 radical (unpaired) electrons. The van der Waals surface area contributed by atoms with Gasteiger partial charge in [0.25, 0.3) is 5.91 Å². The Hall–Kier alpha value is -4.21. The molecule has 2 heterocycles. The molecule has 0 saturated heterocycles. The number of nitrogens with two attached hydrogens (primary N) is 1. The molecular formula is C29H32FN5O4. The number of fused-ring (bicyclic) bond motifs is 1. The van der Waals surface area contributed by atoms with E-state index < -0.39 is 5.97 Å². The van der Waals surface area contributed by atoms with Crippen molar-refractivity contribution in [2.24, 2.45) is 5.92 Å². The van der Waals surface area contributed by atoms with E-state index in [2.05, 4.69) is 15.3 Å². The Labute approximate surface area is 226 Å². The van der Waals surface area contributed by atoms with Gasteiger partial charge in [0.1, 0.15) is 23.8 Å². The zero-order valence-electron chi connectivity index (χ0n) is 21.6. The number of carbonyl (C=O) groups excluding carboxylic acids is 1. The summed E-state index contributed by atoms with van der Waals surface area (Å²) < 4.78 is 19.7. The second-order valence-electron chi connectivity index (χ2n) is 10.1. The van der Waals surface area contributed by atoms with Crippen LogP contribution < -0.4 is 20.7 Å². The minimum absolute atomic E-state index is 0.0139. The Kier molecular flexibility index (Phi) is 7.90. The van der Waals surface area contributed by atoms with Gasteiger partial charge in [-0.05, 0) is 73.3 Å². The lowest BCUT2D eigenvalue weighted by atomic mass is 9.77. The fraction of sp³-hybridized carbons (Fsp3) is 0.379. The number of hydrogen-bond donors (Lipinski definition) is 3. The van der Waals surface area contributed by atoms with Gasteiger partial charge in [-0.2, -0.15) is 9.97 Å². The van der Waals surface area contributed by atoms with Gasteiger partial charge < -0.3 is 25.8 Å². The number of ether oxygens (including phenoxy) is 1. The van der Waals surface area contributed by atoms with Crippen LogP contribution in [0, 0.1) is 11.7 Å². The number of anilines is 3. The molecule has 1 saturated carbocycles. The number of halogens is 1. The lowest BCUT2D eigenvalue weighted by Crippen LogP contribution is -2.32. The van der Waals surface area contributed by atoms with E-state index in [1.807, 2.05) is 24.3 Å². The minimum Gasteiger partial charge on any atom is -0.481 e. The van der Waals surface area contributed by atoms with Gasteiger partial charge in [-0.3, -0.25) is 9.59 Å². The quantitative estimate of drug-likeness (QED) is 0.382. The largest absolute Gasteiger partial charge is 0.481 e. The zero-order valence-corrected chi connectivity index (χ0v) is 21.6. The first-order chi connectivity index (χ1) is 18.9. The van der Waals surface area contributed by atoms with E-state index in [4.69, 9.17) is 15.6 Å². The van der Waals surface area contributed by atoms with E-state index in [1.165, 1.54) is 11.6 Å². The summed E-state index contributed by atoms with van der Waals surface area (Å²) in [5.41, 5.74) is 8.81. The molecule has 1 aliphatic carbocycles. The molecular weight excluding hydrogens is 501 g/mol. The van der Waals surface area contributed by atoms with Gasteiger partial charge in [0.15, 0.2) is 0 Å². The number of benzene rings is 2. The molecule has 1 aliphatic heterocycles. The third-order valence-electron chi connectivity index (χ3n) is 7.54. The van der Waals surface area contributed by atoms with Gasteiger partial charge in [0, 0.05) is 18.7 Å². The number of aromatic nitrogens is 2. The van der Waals surface area contributed by atoms with Crippen LogP contribution in [-0.2, 0) is 11.2 Å². The number of hydrogen-bond acceptors (Lipinski definition) is 7. The van der Waals surface area contributed by atoms with E-state index in [-0.39, 0.29) is 53.9 Å². The van der Waals surface area contributed by atoms with Crippen LogP contribution in [0.4, 0.5) is 21.8 Å². The first-order valence-electron chi connectivity index (χ1n) is 13.3. The van der Waals surface area contributed by atoms with Crippen molar-refractivity contribution in [3.63, 3.8) is 0 Å². The fourth-order valence-electron chi connectivity index (χ4n) is 5.44. The van der Waals surface area contributed by atoms with Gasteiger partial charge >= 0.3 is 5.97 Å². The second kappa shape index (κ2) is 11.7. The van der Waals surface area contributed by atoms with Crippen molar-refractivity contribution in [2.75, 3.05) is 35.6 Å². The van der Waals surface area contributed by atoms with Crippen molar-refractivity contribution in [1.82, 2.24) is 9.97 Å². The highest BCUT2D eigenvalue weighted by Crippen LogP contribution is 2.38. The van der Waals surface area contributed by atoms with Crippen molar-refractivity contribution in [3.8, 4) is 5.88 Å². The molecule has 5 rings (SSSR count). The standard InChI is InChI=1S/C29H32FN5O4/c30-23-4-2-1-3-21(23)13-14-32-29-33-26(31)25-27(34-29)39-16-15-35(28(25)38)22-11-9-20(10-12-22)19-7-5-18(6-8-19)17-24(36)37/h1-4,9-12,18-19H,5-8,13-17H2,(H,36,37)(H3,31,32,33,34). The van der Waals surface area contributed by atoms with E-state index in [0.29, 0.717) is 31.0 Å². The third kappa shape index (κ3) is 6.10. The summed E-state index contributed by atoms with van der Waals surface area (Å²) in [6.07, 6.45) is 4.43. The maximum absolute atomic E-state index is 13.9. The highest BCUT2D eigenvalue weighted by molar-refractivity contribution is 6.10. The maximum atomic E-state index is 13.9. The Bertz CT molecular complexity index is 1340. The number of aliphatic carboxylic acids is 1. The summed E-state index contributed by atoms with van der Waals surface area (Å²) in [6, 6.07) is 14.5. The zero-order chi connectivity index (χ0) is 27.4. The molecule has 2 aromatic carbocycles. The minimum atomic E-state index is -0.728. The highest BCUT2D eigenvalue weighted by atomic mass is 19.1. The molecule has 39 heavy (non-hydrogen) atoms. The normalized spacial score (nSPS) is 19.1. The Balaban J connectivity index is 1.25. The van der Waals surface area contributed by atoms with Crippen molar-refractivity contribution in [1.29, 1.82) is 0 Å². The maximum Gasteiger partial charge on any atom is 0.303 e. The van der Waals surface area contributed by atoms with Crippen molar-refractivity contribution in [2.45, 2.75) is 44.4 Å². The Morgan fingerprint density at radius 1 is 1.10 bits per heavy atom. The molecule has 0 bridgehead atoms. The van der Waals surface area contributed by atoms with E-state index in [0.717, 1.165) is 31.4 Å². The molecule has 3 aromatic rings. The molecule has 9 nitrogen and oxygen atoms in total. The smallest absolute Gasteiger partial charge is 0.303 e. The van der Waals surface area contributed by atoms with Crippen LogP contribution in [0.25, 0.3) is 0 Å². The summed E-state index contributed by atoms with van der Waals surface area (Å²) in [6.45, 7) is 0.941. The molecule has 1 fully saturated rings. The summed E-state index contributed by atoms with van der Waals surface area (Å²) in [4.78, 5) is 34.7. The average Bonchev–Trinajstić information content (AvgIpc) is 3.09. The summed E-state index contributed by atoms with van der Waals surface area (Å²) in [5, 5.41) is 12.1.